The Kier molecular flexibility index (Phi) is 6.07. The first-order chi connectivity index (χ1) is 15.4. The summed E-state index contributed by atoms with van der Waals surface area (Å²) in [6.45, 7) is 5.34. The number of hydrogen-bond donors (Lipinski definition) is 1. The summed E-state index contributed by atoms with van der Waals surface area (Å²) in [5, 5.41) is 6.92. The minimum atomic E-state index is -0.337. The number of nitrogens with zero attached hydrogens (tertiary/aromatic N) is 4. The number of anilines is 1. The van der Waals surface area contributed by atoms with E-state index in [2.05, 4.69) is 15.4 Å². The fraction of sp³-hybridized carbons (Fsp3) is 0.304. The van der Waals surface area contributed by atoms with E-state index in [1.165, 1.54) is 6.20 Å². The molecule has 9 heteroatoms. The predicted octanol–water partition coefficient (Wildman–Crippen LogP) is 3.49. The second kappa shape index (κ2) is 9.09. The number of likely N-dealkylation sites (tertiary alicyclic amines) is 1. The van der Waals surface area contributed by atoms with E-state index in [-0.39, 0.29) is 17.9 Å². The van der Waals surface area contributed by atoms with E-state index in [1.807, 2.05) is 13.8 Å². The third-order valence-electron chi connectivity index (χ3n) is 4.80. The normalized spacial score (nSPS) is 12.9. The van der Waals surface area contributed by atoms with Crippen LogP contribution in [0.3, 0.4) is 0 Å². The maximum absolute atomic E-state index is 12.8. The molecule has 0 atom stereocenters. The third kappa shape index (κ3) is 5.05. The predicted molar refractivity (Wildman–Crippen MR) is 118 cm³/mol. The molecule has 0 aliphatic carbocycles. The number of nitrogens with one attached hydrogen (secondary N) is 1. The molecule has 166 valence electrons. The van der Waals surface area contributed by atoms with Gasteiger partial charge in [-0.1, -0.05) is 0 Å². The minimum absolute atomic E-state index is 0.0783. The van der Waals surface area contributed by atoms with Crippen molar-refractivity contribution in [2.75, 3.05) is 18.4 Å². The standard InChI is InChI=1S/C23H25N5O4/c1-15(2)31-18-11-16(22(29)25-21-7-10-27(3)26-21)12-19(13-18)32-17-5-6-20(24-14-17)23(30)28-8-4-9-28/h5-7,10-15H,4,8-9H2,1-3H3,(H,25,26,29). The van der Waals surface area contributed by atoms with Crippen molar-refractivity contribution in [3.8, 4) is 17.2 Å². The Morgan fingerprint density at radius 3 is 2.44 bits per heavy atom. The van der Waals surface area contributed by atoms with Gasteiger partial charge in [-0.05, 0) is 44.5 Å². The smallest absolute Gasteiger partial charge is 0.272 e. The number of aryl methyl sites for hydroxylation is 1. The second-order valence-electron chi connectivity index (χ2n) is 7.82. The highest BCUT2D eigenvalue weighted by atomic mass is 16.5. The maximum atomic E-state index is 12.8. The Labute approximate surface area is 186 Å². The average molecular weight is 435 g/mol. The fourth-order valence-corrected chi connectivity index (χ4v) is 3.16. The summed E-state index contributed by atoms with van der Waals surface area (Å²) < 4.78 is 13.3. The lowest BCUT2D eigenvalue weighted by atomic mass is 10.2. The Bertz CT molecular complexity index is 1120. The Hall–Kier alpha value is -3.88. The SMILES string of the molecule is CC(C)Oc1cc(Oc2ccc(C(=O)N3CCC3)nc2)cc(C(=O)Nc2ccn(C)n2)c1. The molecule has 2 amide bonds. The highest BCUT2D eigenvalue weighted by molar-refractivity contribution is 6.04. The van der Waals surface area contributed by atoms with Crippen molar-refractivity contribution >= 4 is 17.6 Å². The van der Waals surface area contributed by atoms with Crippen molar-refractivity contribution < 1.29 is 19.1 Å². The van der Waals surface area contributed by atoms with Crippen molar-refractivity contribution in [3.63, 3.8) is 0 Å². The van der Waals surface area contributed by atoms with Gasteiger partial charge in [-0.15, -0.1) is 0 Å². The monoisotopic (exact) mass is 435 g/mol. The number of pyridine rings is 1. The van der Waals surface area contributed by atoms with E-state index >= 15 is 0 Å². The number of ether oxygens (including phenoxy) is 2. The molecular formula is C23H25N5O4. The number of aromatic nitrogens is 3. The van der Waals surface area contributed by atoms with Crippen LogP contribution in [0.2, 0.25) is 0 Å². The molecule has 1 aromatic carbocycles. The molecule has 1 saturated heterocycles. The number of benzene rings is 1. The van der Waals surface area contributed by atoms with E-state index in [1.54, 1.807) is 59.2 Å². The van der Waals surface area contributed by atoms with Crippen LogP contribution in [0.15, 0.2) is 48.8 Å². The summed E-state index contributed by atoms with van der Waals surface area (Å²) in [7, 11) is 1.77. The van der Waals surface area contributed by atoms with Gasteiger partial charge in [-0.25, -0.2) is 4.98 Å². The van der Waals surface area contributed by atoms with Crippen molar-refractivity contribution in [1.29, 1.82) is 0 Å². The first-order valence-electron chi connectivity index (χ1n) is 10.4. The number of amides is 2. The van der Waals surface area contributed by atoms with Gasteiger partial charge in [0, 0.05) is 44.0 Å². The molecule has 1 fully saturated rings. The zero-order chi connectivity index (χ0) is 22.7. The highest BCUT2D eigenvalue weighted by Crippen LogP contribution is 2.28. The summed E-state index contributed by atoms with van der Waals surface area (Å²) >= 11 is 0. The van der Waals surface area contributed by atoms with Crippen LogP contribution in [0, 0.1) is 0 Å². The van der Waals surface area contributed by atoms with Gasteiger partial charge in [-0.2, -0.15) is 5.10 Å². The third-order valence-corrected chi connectivity index (χ3v) is 4.80. The zero-order valence-electron chi connectivity index (χ0n) is 18.2. The molecule has 1 N–H and O–H groups in total. The van der Waals surface area contributed by atoms with Gasteiger partial charge in [0.05, 0.1) is 12.3 Å². The molecule has 0 saturated carbocycles. The molecule has 0 spiro atoms. The summed E-state index contributed by atoms with van der Waals surface area (Å²) in [5.41, 5.74) is 0.741. The van der Waals surface area contributed by atoms with Crippen LogP contribution >= 0.6 is 0 Å². The second-order valence-corrected chi connectivity index (χ2v) is 7.82. The molecule has 1 aliphatic rings. The highest BCUT2D eigenvalue weighted by Gasteiger charge is 2.22. The van der Waals surface area contributed by atoms with Gasteiger partial charge in [0.1, 0.15) is 22.9 Å². The number of hydrogen-bond acceptors (Lipinski definition) is 6. The van der Waals surface area contributed by atoms with Crippen molar-refractivity contribution in [3.05, 3.63) is 60.0 Å². The van der Waals surface area contributed by atoms with E-state index in [0.29, 0.717) is 34.3 Å². The van der Waals surface area contributed by atoms with Crippen LogP contribution in [0.5, 0.6) is 17.2 Å². The lowest BCUT2D eigenvalue weighted by molar-refractivity contribution is 0.0645. The molecule has 0 radical (unpaired) electrons. The Morgan fingerprint density at radius 2 is 1.84 bits per heavy atom. The first-order valence-corrected chi connectivity index (χ1v) is 10.4. The Morgan fingerprint density at radius 1 is 1.06 bits per heavy atom. The van der Waals surface area contributed by atoms with Gasteiger partial charge < -0.3 is 19.7 Å². The van der Waals surface area contributed by atoms with Crippen LogP contribution in [-0.4, -0.2) is 50.7 Å². The molecule has 3 heterocycles. The lowest BCUT2D eigenvalue weighted by Gasteiger charge is -2.30. The molecule has 0 bridgehead atoms. The molecule has 0 unspecified atom stereocenters. The van der Waals surface area contributed by atoms with E-state index in [9.17, 15) is 9.59 Å². The van der Waals surface area contributed by atoms with Gasteiger partial charge >= 0.3 is 0 Å². The van der Waals surface area contributed by atoms with Crippen LogP contribution < -0.4 is 14.8 Å². The van der Waals surface area contributed by atoms with Gasteiger partial charge in [0.15, 0.2) is 5.82 Å². The topological polar surface area (TPSA) is 98.6 Å². The van der Waals surface area contributed by atoms with Gasteiger partial charge in [0.2, 0.25) is 0 Å². The molecular weight excluding hydrogens is 410 g/mol. The van der Waals surface area contributed by atoms with E-state index in [0.717, 1.165) is 19.5 Å². The molecule has 4 rings (SSSR count). The summed E-state index contributed by atoms with van der Waals surface area (Å²) in [6, 6.07) is 10.0. The van der Waals surface area contributed by atoms with E-state index < -0.39 is 0 Å². The molecule has 9 nitrogen and oxygen atoms in total. The van der Waals surface area contributed by atoms with Crippen LogP contribution in [0.4, 0.5) is 5.82 Å². The van der Waals surface area contributed by atoms with Crippen molar-refractivity contribution in [2.24, 2.45) is 7.05 Å². The largest absolute Gasteiger partial charge is 0.491 e. The first kappa shape index (κ1) is 21.4. The minimum Gasteiger partial charge on any atom is -0.491 e. The number of carbonyl (C=O) groups excluding carboxylic acids is 2. The molecule has 2 aromatic heterocycles. The number of rotatable bonds is 7. The lowest BCUT2D eigenvalue weighted by Crippen LogP contribution is -2.42. The summed E-state index contributed by atoms with van der Waals surface area (Å²) in [6.07, 6.45) is 4.19. The van der Waals surface area contributed by atoms with Crippen LogP contribution in [0.25, 0.3) is 0 Å². The summed E-state index contributed by atoms with van der Waals surface area (Å²) in [5.74, 6) is 1.39. The van der Waals surface area contributed by atoms with E-state index in [4.69, 9.17) is 9.47 Å². The average Bonchev–Trinajstić information content (AvgIpc) is 3.11. The Balaban J connectivity index is 1.53. The molecule has 1 aliphatic heterocycles. The number of carbonyl (C=O) groups is 2. The fourth-order valence-electron chi connectivity index (χ4n) is 3.16. The van der Waals surface area contributed by atoms with Crippen LogP contribution in [-0.2, 0) is 7.05 Å². The molecule has 32 heavy (non-hydrogen) atoms. The summed E-state index contributed by atoms with van der Waals surface area (Å²) in [4.78, 5) is 31.0. The maximum Gasteiger partial charge on any atom is 0.272 e. The molecule has 3 aromatic rings. The van der Waals surface area contributed by atoms with Gasteiger partial charge in [0.25, 0.3) is 11.8 Å². The zero-order valence-corrected chi connectivity index (χ0v) is 18.2. The van der Waals surface area contributed by atoms with Crippen LogP contribution in [0.1, 0.15) is 41.1 Å². The quantitative estimate of drug-likeness (QED) is 0.610. The van der Waals surface area contributed by atoms with Crippen molar-refractivity contribution in [2.45, 2.75) is 26.4 Å². The van der Waals surface area contributed by atoms with Crippen molar-refractivity contribution in [1.82, 2.24) is 19.7 Å². The van der Waals surface area contributed by atoms with Gasteiger partial charge in [-0.3, -0.25) is 14.3 Å².